The Labute approximate surface area is 113 Å². The molecule has 1 N–H and O–H groups in total. The molecular weight excluding hydrogens is 240 g/mol. The zero-order valence-electron chi connectivity index (χ0n) is 11.0. The predicted octanol–water partition coefficient (Wildman–Crippen LogP) is 3.49. The molecule has 0 aliphatic carbocycles. The molecule has 0 radical (unpaired) electrons. The van der Waals surface area contributed by atoms with E-state index in [1.54, 1.807) is 11.3 Å². The predicted molar refractivity (Wildman–Crippen MR) is 80.2 cm³/mol. The summed E-state index contributed by atoms with van der Waals surface area (Å²) in [6, 6.07) is 10.8. The molecule has 18 heavy (non-hydrogen) atoms. The summed E-state index contributed by atoms with van der Waals surface area (Å²) in [5.74, 6) is 0. The largest absolute Gasteiger partial charge is 0.370 e. The molecule has 1 aromatic heterocycles. The van der Waals surface area contributed by atoms with Crippen LogP contribution in [0.5, 0.6) is 0 Å². The maximum absolute atomic E-state index is 3.39. The molecule has 2 aromatic rings. The van der Waals surface area contributed by atoms with Crippen molar-refractivity contribution in [3.63, 3.8) is 0 Å². The molecule has 1 aromatic carbocycles. The van der Waals surface area contributed by atoms with E-state index in [2.05, 4.69) is 65.3 Å². The van der Waals surface area contributed by atoms with Gasteiger partial charge in [0, 0.05) is 25.8 Å². The standard InChI is InChI=1S/C15H20N2S/c1-3-16-10-14-6-4-5-7-15(14)17(2)11-13-8-9-18-12-13/h4-9,12,16H,3,10-11H2,1-2H3. The van der Waals surface area contributed by atoms with E-state index in [9.17, 15) is 0 Å². The molecule has 0 aliphatic rings. The highest BCUT2D eigenvalue weighted by Crippen LogP contribution is 2.21. The van der Waals surface area contributed by atoms with Gasteiger partial charge in [-0.1, -0.05) is 25.1 Å². The van der Waals surface area contributed by atoms with Crippen LogP contribution in [0.3, 0.4) is 0 Å². The van der Waals surface area contributed by atoms with E-state index in [4.69, 9.17) is 0 Å². The minimum atomic E-state index is 0.931. The molecule has 0 amide bonds. The van der Waals surface area contributed by atoms with Gasteiger partial charge >= 0.3 is 0 Å². The van der Waals surface area contributed by atoms with Crippen LogP contribution in [0.1, 0.15) is 18.1 Å². The Bertz CT molecular complexity index is 465. The third kappa shape index (κ3) is 3.34. The van der Waals surface area contributed by atoms with Gasteiger partial charge in [0.1, 0.15) is 0 Å². The second-order valence-electron chi connectivity index (χ2n) is 4.40. The average Bonchev–Trinajstić information content (AvgIpc) is 2.89. The summed E-state index contributed by atoms with van der Waals surface area (Å²) in [7, 11) is 2.16. The van der Waals surface area contributed by atoms with Gasteiger partial charge < -0.3 is 10.2 Å². The van der Waals surface area contributed by atoms with Crippen LogP contribution >= 0.6 is 11.3 Å². The Morgan fingerprint density at radius 1 is 1.22 bits per heavy atom. The zero-order valence-corrected chi connectivity index (χ0v) is 11.8. The molecule has 0 bridgehead atoms. The average molecular weight is 260 g/mol. The lowest BCUT2D eigenvalue weighted by atomic mass is 10.1. The maximum Gasteiger partial charge on any atom is 0.0434 e. The second kappa shape index (κ2) is 6.57. The molecule has 0 spiro atoms. The number of anilines is 1. The minimum absolute atomic E-state index is 0.931. The second-order valence-corrected chi connectivity index (χ2v) is 5.18. The number of para-hydroxylation sites is 1. The summed E-state index contributed by atoms with van der Waals surface area (Å²) in [6.45, 7) is 5.04. The number of nitrogens with zero attached hydrogens (tertiary/aromatic N) is 1. The van der Waals surface area contributed by atoms with Crippen molar-refractivity contribution < 1.29 is 0 Å². The third-order valence-corrected chi connectivity index (χ3v) is 3.70. The van der Waals surface area contributed by atoms with E-state index < -0.39 is 0 Å². The van der Waals surface area contributed by atoms with Crippen LogP contribution in [-0.2, 0) is 13.1 Å². The fourth-order valence-electron chi connectivity index (χ4n) is 2.03. The number of benzene rings is 1. The van der Waals surface area contributed by atoms with Gasteiger partial charge in [0.2, 0.25) is 0 Å². The van der Waals surface area contributed by atoms with Crippen molar-refractivity contribution in [1.29, 1.82) is 0 Å². The lowest BCUT2D eigenvalue weighted by Gasteiger charge is -2.22. The molecule has 96 valence electrons. The van der Waals surface area contributed by atoms with Gasteiger partial charge in [-0.2, -0.15) is 11.3 Å². The first-order valence-corrected chi connectivity index (χ1v) is 7.26. The van der Waals surface area contributed by atoms with E-state index in [0.29, 0.717) is 0 Å². The summed E-state index contributed by atoms with van der Waals surface area (Å²) < 4.78 is 0. The maximum atomic E-state index is 3.39. The topological polar surface area (TPSA) is 15.3 Å². The van der Waals surface area contributed by atoms with Gasteiger partial charge in [-0.05, 0) is 40.6 Å². The van der Waals surface area contributed by atoms with Crippen molar-refractivity contribution in [1.82, 2.24) is 5.32 Å². The summed E-state index contributed by atoms with van der Waals surface area (Å²) in [6.07, 6.45) is 0. The molecular formula is C15H20N2S. The number of hydrogen-bond acceptors (Lipinski definition) is 3. The highest BCUT2D eigenvalue weighted by atomic mass is 32.1. The van der Waals surface area contributed by atoms with Crippen molar-refractivity contribution in [3.05, 3.63) is 52.2 Å². The quantitative estimate of drug-likeness (QED) is 0.855. The first kappa shape index (κ1) is 13.1. The van der Waals surface area contributed by atoms with Crippen LogP contribution in [0.4, 0.5) is 5.69 Å². The molecule has 0 aliphatic heterocycles. The summed E-state index contributed by atoms with van der Waals surface area (Å²) in [5.41, 5.74) is 4.04. The Balaban J connectivity index is 2.11. The van der Waals surface area contributed by atoms with Crippen molar-refractivity contribution in [2.45, 2.75) is 20.0 Å². The molecule has 0 saturated carbocycles. The van der Waals surface area contributed by atoms with Gasteiger partial charge in [0.15, 0.2) is 0 Å². The Kier molecular flexibility index (Phi) is 4.79. The fraction of sp³-hybridized carbons (Fsp3) is 0.333. The van der Waals surface area contributed by atoms with Crippen molar-refractivity contribution in [2.75, 3.05) is 18.5 Å². The van der Waals surface area contributed by atoms with E-state index in [0.717, 1.165) is 19.6 Å². The van der Waals surface area contributed by atoms with E-state index in [1.165, 1.54) is 16.8 Å². The van der Waals surface area contributed by atoms with Gasteiger partial charge in [-0.3, -0.25) is 0 Å². The Morgan fingerprint density at radius 2 is 2.06 bits per heavy atom. The van der Waals surface area contributed by atoms with E-state index in [-0.39, 0.29) is 0 Å². The summed E-state index contributed by atoms with van der Waals surface area (Å²) >= 11 is 1.76. The Morgan fingerprint density at radius 3 is 2.78 bits per heavy atom. The third-order valence-electron chi connectivity index (χ3n) is 2.97. The first-order valence-electron chi connectivity index (χ1n) is 6.32. The molecule has 1 heterocycles. The first-order chi connectivity index (χ1) is 8.81. The van der Waals surface area contributed by atoms with E-state index in [1.807, 2.05) is 0 Å². The minimum Gasteiger partial charge on any atom is -0.370 e. The van der Waals surface area contributed by atoms with Gasteiger partial charge in [0.25, 0.3) is 0 Å². The number of rotatable bonds is 6. The van der Waals surface area contributed by atoms with Crippen LogP contribution in [0.25, 0.3) is 0 Å². The highest BCUT2D eigenvalue weighted by molar-refractivity contribution is 7.07. The molecule has 0 unspecified atom stereocenters. The van der Waals surface area contributed by atoms with Gasteiger partial charge in [-0.25, -0.2) is 0 Å². The molecule has 2 nitrogen and oxygen atoms in total. The molecule has 0 saturated heterocycles. The van der Waals surface area contributed by atoms with Crippen molar-refractivity contribution >= 4 is 17.0 Å². The van der Waals surface area contributed by atoms with Gasteiger partial charge in [-0.15, -0.1) is 0 Å². The van der Waals surface area contributed by atoms with Crippen LogP contribution in [0, 0.1) is 0 Å². The summed E-state index contributed by atoms with van der Waals surface area (Å²) in [5, 5.41) is 7.74. The van der Waals surface area contributed by atoms with Crippen molar-refractivity contribution in [2.24, 2.45) is 0 Å². The smallest absolute Gasteiger partial charge is 0.0434 e. The van der Waals surface area contributed by atoms with Crippen LogP contribution < -0.4 is 10.2 Å². The Hall–Kier alpha value is -1.32. The molecule has 0 fully saturated rings. The summed E-state index contributed by atoms with van der Waals surface area (Å²) in [4.78, 5) is 2.31. The van der Waals surface area contributed by atoms with E-state index >= 15 is 0 Å². The van der Waals surface area contributed by atoms with Crippen molar-refractivity contribution in [3.8, 4) is 0 Å². The fourth-order valence-corrected chi connectivity index (χ4v) is 2.69. The monoisotopic (exact) mass is 260 g/mol. The van der Waals surface area contributed by atoms with Crippen LogP contribution in [-0.4, -0.2) is 13.6 Å². The van der Waals surface area contributed by atoms with Crippen LogP contribution in [0.2, 0.25) is 0 Å². The highest BCUT2D eigenvalue weighted by Gasteiger charge is 2.07. The van der Waals surface area contributed by atoms with Gasteiger partial charge in [0.05, 0.1) is 0 Å². The molecule has 3 heteroatoms. The molecule has 0 atom stereocenters. The SMILES string of the molecule is CCNCc1ccccc1N(C)Cc1ccsc1. The number of nitrogens with one attached hydrogen (secondary N) is 1. The number of hydrogen-bond donors (Lipinski definition) is 1. The molecule has 2 rings (SSSR count). The lowest BCUT2D eigenvalue weighted by Crippen LogP contribution is -2.20. The normalized spacial score (nSPS) is 10.6. The zero-order chi connectivity index (χ0) is 12.8. The lowest BCUT2D eigenvalue weighted by molar-refractivity contribution is 0.723. The number of thiophene rings is 1. The van der Waals surface area contributed by atoms with Crippen LogP contribution in [0.15, 0.2) is 41.1 Å².